The van der Waals surface area contributed by atoms with Crippen LogP contribution in [0.1, 0.15) is 38.8 Å². The minimum atomic E-state index is 0.238. The summed E-state index contributed by atoms with van der Waals surface area (Å²) in [5, 5.41) is 3.29. The van der Waals surface area contributed by atoms with Crippen LogP contribution in [0.25, 0.3) is 0 Å². The molecule has 2 rings (SSSR count). The first kappa shape index (κ1) is 14.0. The number of carbonyl (C=O) groups is 1. The zero-order chi connectivity index (χ0) is 13.7. The monoisotopic (exact) mass is 261 g/mol. The van der Waals surface area contributed by atoms with Crippen LogP contribution in [0.5, 0.6) is 0 Å². The van der Waals surface area contributed by atoms with Gasteiger partial charge in [-0.2, -0.15) is 0 Å². The summed E-state index contributed by atoms with van der Waals surface area (Å²) in [6, 6.07) is 6.53. The van der Waals surface area contributed by atoms with Crippen molar-refractivity contribution in [1.82, 2.24) is 15.2 Å². The lowest BCUT2D eigenvalue weighted by atomic mass is 10.2. The van der Waals surface area contributed by atoms with Gasteiger partial charge in [0.05, 0.1) is 12.2 Å². The summed E-state index contributed by atoms with van der Waals surface area (Å²) >= 11 is 0. The van der Waals surface area contributed by atoms with Crippen molar-refractivity contribution in [3.8, 4) is 0 Å². The minimum absolute atomic E-state index is 0.238. The molecule has 0 spiro atoms. The van der Waals surface area contributed by atoms with Gasteiger partial charge in [0.2, 0.25) is 5.91 Å². The molecule has 1 aliphatic rings. The molecular formula is C15H23N3O. The lowest BCUT2D eigenvalue weighted by Gasteiger charge is -2.24. The van der Waals surface area contributed by atoms with Gasteiger partial charge >= 0.3 is 0 Å². The lowest BCUT2D eigenvalue weighted by molar-refractivity contribution is -0.132. The molecule has 1 saturated carbocycles. The third-order valence-electron chi connectivity index (χ3n) is 3.40. The highest BCUT2D eigenvalue weighted by atomic mass is 16.2. The molecule has 1 unspecified atom stereocenters. The first-order valence-corrected chi connectivity index (χ1v) is 7.13. The Morgan fingerprint density at radius 1 is 1.53 bits per heavy atom. The predicted octanol–water partition coefficient (Wildman–Crippen LogP) is 1.96. The Labute approximate surface area is 115 Å². The highest BCUT2D eigenvalue weighted by Crippen LogP contribution is 2.28. The van der Waals surface area contributed by atoms with E-state index in [0.717, 1.165) is 25.1 Å². The van der Waals surface area contributed by atoms with Crippen LogP contribution >= 0.6 is 0 Å². The van der Waals surface area contributed by atoms with Crippen molar-refractivity contribution < 1.29 is 4.79 Å². The maximum atomic E-state index is 12.4. The SMILES string of the molecule is CCNC(C)CC(=O)N(Cc1ccccn1)C1CC1. The topological polar surface area (TPSA) is 45.2 Å². The van der Waals surface area contributed by atoms with Gasteiger partial charge in [0.15, 0.2) is 0 Å². The van der Waals surface area contributed by atoms with E-state index in [0.29, 0.717) is 19.0 Å². The van der Waals surface area contributed by atoms with E-state index in [9.17, 15) is 4.79 Å². The Morgan fingerprint density at radius 2 is 2.32 bits per heavy atom. The van der Waals surface area contributed by atoms with Crippen LogP contribution in [0, 0.1) is 0 Å². The number of nitrogens with zero attached hydrogens (tertiary/aromatic N) is 2. The number of rotatable bonds is 7. The maximum absolute atomic E-state index is 12.4. The van der Waals surface area contributed by atoms with Gasteiger partial charge in [-0.25, -0.2) is 0 Å². The van der Waals surface area contributed by atoms with Crippen LogP contribution < -0.4 is 5.32 Å². The summed E-state index contributed by atoms with van der Waals surface area (Å²) in [5.74, 6) is 0.238. The molecule has 1 aromatic heterocycles. The molecule has 1 fully saturated rings. The molecule has 0 radical (unpaired) electrons. The molecule has 1 aromatic rings. The third kappa shape index (κ3) is 4.31. The Hall–Kier alpha value is -1.42. The van der Waals surface area contributed by atoms with Crippen molar-refractivity contribution >= 4 is 5.91 Å². The van der Waals surface area contributed by atoms with Crippen molar-refractivity contribution in [2.45, 2.75) is 51.7 Å². The molecule has 1 N–H and O–H groups in total. The van der Waals surface area contributed by atoms with E-state index < -0.39 is 0 Å². The summed E-state index contributed by atoms with van der Waals surface area (Å²) < 4.78 is 0. The zero-order valence-corrected chi connectivity index (χ0v) is 11.8. The summed E-state index contributed by atoms with van der Waals surface area (Å²) in [6.45, 7) is 5.67. The van der Waals surface area contributed by atoms with Gasteiger partial charge in [-0.1, -0.05) is 13.0 Å². The molecular weight excluding hydrogens is 238 g/mol. The molecule has 4 nitrogen and oxygen atoms in total. The molecule has 1 heterocycles. The van der Waals surface area contributed by atoms with Gasteiger partial charge in [0, 0.05) is 24.7 Å². The molecule has 104 valence electrons. The van der Waals surface area contributed by atoms with Crippen LogP contribution in [0.15, 0.2) is 24.4 Å². The van der Waals surface area contributed by atoms with Gasteiger partial charge in [-0.3, -0.25) is 9.78 Å². The average Bonchev–Trinajstić information content (AvgIpc) is 3.21. The fourth-order valence-electron chi connectivity index (χ4n) is 2.27. The maximum Gasteiger partial charge on any atom is 0.224 e. The van der Waals surface area contributed by atoms with Crippen LogP contribution in [-0.2, 0) is 11.3 Å². The number of hydrogen-bond acceptors (Lipinski definition) is 3. The Bertz CT molecular complexity index is 403. The van der Waals surface area contributed by atoms with Gasteiger partial charge in [-0.15, -0.1) is 0 Å². The molecule has 1 amide bonds. The lowest BCUT2D eigenvalue weighted by Crippen LogP contribution is -2.38. The van der Waals surface area contributed by atoms with E-state index in [2.05, 4.69) is 24.1 Å². The second-order valence-electron chi connectivity index (χ2n) is 5.24. The number of carbonyl (C=O) groups excluding carboxylic acids is 1. The fraction of sp³-hybridized carbons (Fsp3) is 0.600. The van der Waals surface area contributed by atoms with E-state index in [1.54, 1.807) is 6.20 Å². The first-order valence-electron chi connectivity index (χ1n) is 7.13. The quantitative estimate of drug-likeness (QED) is 0.816. The number of amides is 1. The van der Waals surface area contributed by atoms with E-state index in [4.69, 9.17) is 0 Å². The molecule has 4 heteroatoms. The first-order chi connectivity index (χ1) is 9.20. The normalized spacial score (nSPS) is 16.1. The van der Waals surface area contributed by atoms with Gasteiger partial charge in [0.1, 0.15) is 0 Å². The van der Waals surface area contributed by atoms with Crippen molar-refractivity contribution in [1.29, 1.82) is 0 Å². The van der Waals surface area contributed by atoms with Crippen LogP contribution in [0.3, 0.4) is 0 Å². The highest BCUT2D eigenvalue weighted by Gasteiger charge is 2.32. The molecule has 0 aromatic carbocycles. The summed E-state index contributed by atoms with van der Waals surface area (Å²) in [7, 11) is 0. The zero-order valence-electron chi connectivity index (χ0n) is 11.8. The predicted molar refractivity (Wildman–Crippen MR) is 75.6 cm³/mol. The molecule has 1 atom stereocenters. The largest absolute Gasteiger partial charge is 0.334 e. The standard InChI is InChI=1S/C15H23N3O/c1-3-16-12(2)10-15(19)18(14-7-8-14)11-13-6-4-5-9-17-13/h4-6,9,12,14,16H,3,7-8,10-11H2,1-2H3. The highest BCUT2D eigenvalue weighted by molar-refractivity contribution is 5.77. The van der Waals surface area contributed by atoms with Crippen molar-refractivity contribution in [2.24, 2.45) is 0 Å². The molecule has 0 bridgehead atoms. The molecule has 0 aliphatic heterocycles. The Balaban J connectivity index is 1.94. The smallest absolute Gasteiger partial charge is 0.224 e. The average molecular weight is 261 g/mol. The fourth-order valence-corrected chi connectivity index (χ4v) is 2.27. The Kier molecular flexibility index (Phi) is 4.91. The Morgan fingerprint density at radius 3 is 2.89 bits per heavy atom. The number of nitrogens with one attached hydrogen (secondary N) is 1. The summed E-state index contributed by atoms with van der Waals surface area (Å²) in [6.07, 6.45) is 4.62. The second kappa shape index (κ2) is 6.66. The van der Waals surface area contributed by atoms with Crippen molar-refractivity contribution in [3.63, 3.8) is 0 Å². The van der Waals surface area contributed by atoms with E-state index >= 15 is 0 Å². The minimum Gasteiger partial charge on any atom is -0.334 e. The second-order valence-corrected chi connectivity index (χ2v) is 5.24. The number of pyridine rings is 1. The van der Waals surface area contributed by atoms with Gasteiger partial charge in [0.25, 0.3) is 0 Å². The molecule has 19 heavy (non-hydrogen) atoms. The van der Waals surface area contributed by atoms with Crippen molar-refractivity contribution in [3.05, 3.63) is 30.1 Å². The van der Waals surface area contributed by atoms with E-state index in [1.807, 2.05) is 23.1 Å². The van der Waals surface area contributed by atoms with Crippen molar-refractivity contribution in [2.75, 3.05) is 6.54 Å². The van der Waals surface area contributed by atoms with Gasteiger partial charge in [-0.05, 0) is 38.4 Å². The molecule has 1 aliphatic carbocycles. The van der Waals surface area contributed by atoms with Gasteiger partial charge < -0.3 is 10.2 Å². The summed E-state index contributed by atoms with van der Waals surface area (Å²) in [5.41, 5.74) is 0.971. The summed E-state index contributed by atoms with van der Waals surface area (Å²) in [4.78, 5) is 18.7. The van der Waals surface area contributed by atoms with E-state index in [-0.39, 0.29) is 11.9 Å². The third-order valence-corrected chi connectivity index (χ3v) is 3.40. The number of hydrogen-bond donors (Lipinski definition) is 1. The van der Waals surface area contributed by atoms with Crippen LogP contribution in [0.4, 0.5) is 0 Å². The number of aromatic nitrogens is 1. The molecule has 0 saturated heterocycles. The van der Waals surface area contributed by atoms with Crippen LogP contribution in [0.2, 0.25) is 0 Å². The van der Waals surface area contributed by atoms with Crippen LogP contribution in [-0.4, -0.2) is 34.4 Å². The van der Waals surface area contributed by atoms with E-state index in [1.165, 1.54) is 0 Å².